The van der Waals surface area contributed by atoms with Crippen molar-refractivity contribution in [3.63, 3.8) is 0 Å². The van der Waals surface area contributed by atoms with Crippen molar-refractivity contribution in [2.24, 2.45) is 5.92 Å². The van der Waals surface area contributed by atoms with Crippen LogP contribution in [-0.4, -0.2) is 46.8 Å². The fourth-order valence-corrected chi connectivity index (χ4v) is 1.67. The van der Waals surface area contributed by atoms with E-state index < -0.39 is 23.8 Å². The van der Waals surface area contributed by atoms with Crippen molar-refractivity contribution in [2.45, 2.75) is 6.92 Å². The van der Waals surface area contributed by atoms with E-state index in [1.807, 2.05) is 0 Å². The van der Waals surface area contributed by atoms with Gasteiger partial charge in [0.25, 0.3) is 0 Å². The van der Waals surface area contributed by atoms with Crippen LogP contribution in [0.4, 0.5) is 5.69 Å². The van der Waals surface area contributed by atoms with Gasteiger partial charge < -0.3 is 20.2 Å². The van der Waals surface area contributed by atoms with Crippen LogP contribution in [0.15, 0.2) is 18.2 Å². The minimum absolute atomic E-state index is 0.136. The lowest BCUT2D eigenvalue weighted by Crippen LogP contribution is -2.28. The molecule has 20 heavy (non-hydrogen) atoms. The van der Waals surface area contributed by atoms with Crippen molar-refractivity contribution in [2.75, 3.05) is 18.5 Å². The van der Waals surface area contributed by atoms with Crippen LogP contribution < -0.4 is 4.90 Å². The van der Waals surface area contributed by atoms with Gasteiger partial charge >= 0.3 is 17.9 Å². The van der Waals surface area contributed by atoms with E-state index in [0.29, 0.717) is 5.69 Å². The largest absolute Gasteiger partial charge is 0.481 e. The summed E-state index contributed by atoms with van der Waals surface area (Å²) in [5.74, 6) is -4.13. The highest BCUT2D eigenvalue weighted by Crippen LogP contribution is 2.20. The molecule has 1 aromatic carbocycles. The average Bonchev–Trinajstić information content (AvgIpc) is 2.37. The second-order valence-corrected chi connectivity index (χ2v) is 4.50. The number of carboxylic acid groups (broad SMARTS) is 3. The number of hydrogen-bond acceptors (Lipinski definition) is 4. The molecule has 0 saturated carbocycles. The minimum atomic E-state index is -1.24. The van der Waals surface area contributed by atoms with Crippen molar-refractivity contribution in [1.29, 1.82) is 0 Å². The first-order valence-electron chi connectivity index (χ1n) is 5.78. The maximum Gasteiger partial charge on any atom is 0.335 e. The second kappa shape index (κ2) is 6.05. The average molecular weight is 281 g/mol. The van der Waals surface area contributed by atoms with Crippen molar-refractivity contribution >= 4 is 23.6 Å². The summed E-state index contributed by atoms with van der Waals surface area (Å²) in [4.78, 5) is 34.3. The molecule has 0 aliphatic carbocycles. The number of carboxylic acids is 3. The number of benzene rings is 1. The maximum atomic E-state index is 11.0. The van der Waals surface area contributed by atoms with Crippen molar-refractivity contribution in [3.05, 3.63) is 29.3 Å². The smallest absolute Gasteiger partial charge is 0.335 e. The molecule has 0 heterocycles. The Bertz CT molecular complexity index is 522. The zero-order valence-corrected chi connectivity index (χ0v) is 11.0. The van der Waals surface area contributed by atoms with Gasteiger partial charge in [-0.05, 0) is 18.2 Å². The zero-order valence-electron chi connectivity index (χ0n) is 11.0. The van der Waals surface area contributed by atoms with Crippen LogP contribution in [-0.2, 0) is 4.79 Å². The summed E-state index contributed by atoms with van der Waals surface area (Å²) in [5.41, 5.74) is 0.0276. The van der Waals surface area contributed by atoms with E-state index in [4.69, 9.17) is 15.3 Å². The molecule has 0 bridgehead atoms. The van der Waals surface area contributed by atoms with Gasteiger partial charge in [0, 0.05) is 19.3 Å². The first kappa shape index (κ1) is 15.5. The molecule has 0 spiro atoms. The van der Waals surface area contributed by atoms with Crippen LogP contribution in [0.5, 0.6) is 0 Å². The van der Waals surface area contributed by atoms with Gasteiger partial charge in [-0.3, -0.25) is 4.79 Å². The summed E-state index contributed by atoms with van der Waals surface area (Å²) in [5, 5.41) is 26.8. The maximum absolute atomic E-state index is 11.0. The SMILES string of the molecule is CC(CN(C)c1cc(C(=O)O)cc(C(=O)O)c1)C(=O)O. The summed E-state index contributed by atoms with van der Waals surface area (Å²) in [6, 6.07) is 3.68. The van der Waals surface area contributed by atoms with Crippen molar-refractivity contribution < 1.29 is 29.7 Å². The third-order valence-electron chi connectivity index (χ3n) is 2.82. The standard InChI is InChI=1S/C13H15NO6/c1-7(11(15)16)6-14(2)10-4-8(12(17)18)3-9(5-10)13(19)20/h3-5,7H,6H2,1-2H3,(H,15,16)(H,17,18)(H,19,20). The highest BCUT2D eigenvalue weighted by molar-refractivity contribution is 5.95. The highest BCUT2D eigenvalue weighted by Gasteiger charge is 2.17. The number of hydrogen-bond donors (Lipinski definition) is 3. The molecule has 1 aromatic rings. The highest BCUT2D eigenvalue weighted by atomic mass is 16.4. The Hall–Kier alpha value is -2.57. The van der Waals surface area contributed by atoms with Crippen LogP contribution in [0.3, 0.4) is 0 Å². The zero-order chi connectivity index (χ0) is 15.4. The Morgan fingerprint density at radius 1 is 1.05 bits per heavy atom. The molecule has 108 valence electrons. The van der Waals surface area contributed by atoms with Gasteiger partial charge in [-0.1, -0.05) is 6.92 Å². The van der Waals surface area contributed by atoms with E-state index in [1.165, 1.54) is 24.0 Å². The van der Waals surface area contributed by atoms with Gasteiger partial charge in [0.2, 0.25) is 0 Å². The molecular formula is C13H15NO6. The van der Waals surface area contributed by atoms with E-state index in [0.717, 1.165) is 6.07 Å². The molecule has 1 rings (SSSR count). The molecule has 0 saturated heterocycles. The molecule has 0 aromatic heterocycles. The quantitative estimate of drug-likeness (QED) is 0.718. The molecular weight excluding hydrogens is 266 g/mol. The predicted octanol–water partition coefficient (Wildman–Crippen LogP) is 1.24. The van der Waals surface area contributed by atoms with E-state index in [2.05, 4.69) is 0 Å². The lowest BCUT2D eigenvalue weighted by molar-refractivity contribution is -0.140. The van der Waals surface area contributed by atoms with Crippen LogP contribution in [0, 0.1) is 5.92 Å². The van der Waals surface area contributed by atoms with Gasteiger partial charge in [0.1, 0.15) is 0 Å². The second-order valence-electron chi connectivity index (χ2n) is 4.50. The van der Waals surface area contributed by atoms with Gasteiger partial charge in [-0.2, -0.15) is 0 Å². The Kier molecular flexibility index (Phi) is 4.68. The third-order valence-corrected chi connectivity index (χ3v) is 2.82. The summed E-state index contributed by atoms with van der Waals surface area (Å²) in [7, 11) is 1.58. The minimum Gasteiger partial charge on any atom is -0.481 e. The Labute approximate surface area is 115 Å². The van der Waals surface area contributed by atoms with E-state index in [9.17, 15) is 14.4 Å². The third kappa shape index (κ3) is 3.71. The lowest BCUT2D eigenvalue weighted by atomic mass is 10.1. The van der Waals surface area contributed by atoms with Crippen molar-refractivity contribution in [3.8, 4) is 0 Å². The number of anilines is 1. The topological polar surface area (TPSA) is 115 Å². The van der Waals surface area contributed by atoms with Crippen LogP contribution in [0.25, 0.3) is 0 Å². The monoisotopic (exact) mass is 281 g/mol. The number of rotatable bonds is 6. The fourth-order valence-electron chi connectivity index (χ4n) is 1.67. The summed E-state index contributed by atoms with van der Waals surface area (Å²) in [6.07, 6.45) is 0. The number of aliphatic carboxylic acids is 1. The van der Waals surface area contributed by atoms with E-state index >= 15 is 0 Å². The van der Waals surface area contributed by atoms with Gasteiger partial charge in [-0.25, -0.2) is 9.59 Å². The fraction of sp³-hybridized carbons (Fsp3) is 0.308. The lowest BCUT2D eigenvalue weighted by Gasteiger charge is -2.22. The molecule has 0 aliphatic heterocycles. The Morgan fingerprint density at radius 2 is 1.50 bits per heavy atom. The summed E-state index contributed by atoms with van der Waals surface area (Å²) >= 11 is 0. The molecule has 0 radical (unpaired) electrons. The molecule has 1 atom stereocenters. The van der Waals surface area contributed by atoms with E-state index in [-0.39, 0.29) is 17.7 Å². The van der Waals surface area contributed by atoms with Crippen LogP contribution in [0.1, 0.15) is 27.6 Å². The molecule has 7 nitrogen and oxygen atoms in total. The first-order chi connectivity index (χ1) is 9.22. The molecule has 3 N–H and O–H groups in total. The molecule has 0 fully saturated rings. The number of nitrogens with zero attached hydrogens (tertiary/aromatic N) is 1. The van der Waals surface area contributed by atoms with E-state index in [1.54, 1.807) is 7.05 Å². The summed E-state index contributed by atoms with van der Waals surface area (Å²) in [6.45, 7) is 1.65. The molecule has 1 unspecified atom stereocenters. The predicted molar refractivity (Wildman–Crippen MR) is 70.4 cm³/mol. The van der Waals surface area contributed by atoms with Crippen LogP contribution >= 0.6 is 0 Å². The van der Waals surface area contributed by atoms with Crippen LogP contribution in [0.2, 0.25) is 0 Å². The number of aromatic carboxylic acids is 2. The number of carbonyl (C=O) groups is 3. The molecule has 7 heteroatoms. The van der Waals surface area contributed by atoms with Gasteiger partial charge in [-0.15, -0.1) is 0 Å². The molecule has 0 amide bonds. The Morgan fingerprint density at radius 3 is 1.85 bits per heavy atom. The van der Waals surface area contributed by atoms with Gasteiger partial charge in [0.15, 0.2) is 0 Å². The van der Waals surface area contributed by atoms with Crippen molar-refractivity contribution in [1.82, 2.24) is 0 Å². The Balaban J connectivity index is 3.13. The van der Waals surface area contributed by atoms with Gasteiger partial charge in [0.05, 0.1) is 17.0 Å². The first-order valence-corrected chi connectivity index (χ1v) is 5.78. The summed E-state index contributed by atoms with van der Waals surface area (Å²) < 4.78 is 0. The molecule has 0 aliphatic rings. The normalized spacial score (nSPS) is 11.7.